The van der Waals surface area contributed by atoms with Gasteiger partial charge in [-0.1, -0.05) is 55.8 Å². The number of hydrogen-bond donors (Lipinski definition) is 1. The molecular formula is C16H20ClN3O. The van der Waals surface area contributed by atoms with E-state index in [9.17, 15) is 0 Å². The van der Waals surface area contributed by atoms with Gasteiger partial charge in [-0.15, -0.1) is 0 Å². The summed E-state index contributed by atoms with van der Waals surface area (Å²) in [6.07, 6.45) is 0. The summed E-state index contributed by atoms with van der Waals surface area (Å²) in [7, 11) is 1.69. The standard InChI is InChI=1S/C16H20ClN3O/c1-11(2)13(10-21-3)18-15-9-14(17)19-16(20-15)12-7-5-4-6-8-12/h4-9,11,13H,10H2,1-3H3,(H,18,19,20). The number of aromatic nitrogens is 2. The molecule has 2 rings (SSSR count). The van der Waals surface area contributed by atoms with Gasteiger partial charge in [0.2, 0.25) is 0 Å². The lowest BCUT2D eigenvalue weighted by atomic mass is 10.1. The third-order valence-corrected chi connectivity index (χ3v) is 3.40. The summed E-state index contributed by atoms with van der Waals surface area (Å²) in [5.41, 5.74) is 0.941. The van der Waals surface area contributed by atoms with Crippen LogP contribution in [0.15, 0.2) is 36.4 Å². The minimum atomic E-state index is 0.171. The van der Waals surface area contributed by atoms with Crippen LogP contribution in [0.2, 0.25) is 5.15 Å². The SMILES string of the molecule is COCC(Nc1cc(Cl)nc(-c2ccccc2)n1)C(C)C. The minimum absolute atomic E-state index is 0.171. The van der Waals surface area contributed by atoms with E-state index in [2.05, 4.69) is 29.1 Å². The van der Waals surface area contributed by atoms with Crippen molar-refractivity contribution in [2.24, 2.45) is 5.92 Å². The monoisotopic (exact) mass is 305 g/mol. The smallest absolute Gasteiger partial charge is 0.163 e. The van der Waals surface area contributed by atoms with Crippen LogP contribution in [-0.4, -0.2) is 29.7 Å². The molecule has 1 heterocycles. The first kappa shape index (κ1) is 15.7. The molecule has 0 fully saturated rings. The van der Waals surface area contributed by atoms with Crippen molar-refractivity contribution in [2.45, 2.75) is 19.9 Å². The maximum Gasteiger partial charge on any atom is 0.163 e. The molecule has 0 spiro atoms. The zero-order valence-electron chi connectivity index (χ0n) is 12.5. The highest BCUT2D eigenvalue weighted by molar-refractivity contribution is 6.29. The fraction of sp³-hybridized carbons (Fsp3) is 0.375. The van der Waals surface area contributed by atoms with Crippen LogP contribution in [0.4, 0.5) is 5.82 Å². The molecule has 0 bridgehead atoms. The third kappa shape index (κ3) is 4.41. The van der Waals surface area contributed by atoms with Gasteiger partial charge in [0.25, 0.3) is 0 Å². The van der Waals surface area contributed by atoms with Crippen LogP contribution in [0.5, 0.6) is 0 Å². The van der Waals surface area contributed by atoms with Crippen molar-refractivity contribution < 1.29 is 4.74 Å². The summed E-state index contributed by atoms with van der Waals surface area (Å²) in [4.78, 5) is 8.83. The Morgan fingerprint density at radius 1 is 1.19 bits per heavy atom. The molecule has 0 aliphatic carbocycles. The van der Waals surface area contributed by atoms with Crippen molar-refractivity contribution >= 4 is 17.4 Å². The number of anilines is 1. The Kier molecular flexibility index (Phi) is 5.53. The Balaban J connectivity index is 2.27. The van der Waals surface area contributed by atoms with Gasteiger partial charge in [-0.2, -0.15) is 0 Å². The number of nitrogens with one attached hydrogen (secondary N) is 1. The molecule has 112 valence electrons. The second-order valence-electron chi connectivity index (χ2n) is 5.22. The minimum Gasteiger partial charge on any atom is -0.383 e. The first-order valence-corrected chi connectivity index (χ1v) is 7.33. The van der Waals surface area contributed by atoms with Gasteiger partial charge >= 0.3 is 0 Å². The molecule has 5 heteroatoms. The lowest BCUT2D eigenvalue weighted by molar-refractivity contribution is 0.171. The number of hydrogen-bond acceptors (Lipinski definition) is 4. The van der Waals surface area contributed by atoms with Gasteiger partial charge in [-0.3, -0.25) is 0 Å². The van der Waals surface area contributed by atoms with Gasteiger partial charge in [-0.05, 0) is 5.92 Å². The van der Waals surface area contributed by atoms with E-state index in [-0.39, 0.29) is 6.04 Å². The van der Waals surface area contributed by atoms with E-state index < -0.39 is 0 Å². The van der Waals surface area contributed by atoms with Crippen molar-refractivity contribution in [3.8, 4) is 11.4 Å². The highest BCUT2D eigenvalue weighted by atomic mass is 35.5. The number of benzene rings is 1. The average molecular weight is 306 g/mol. The summed E-state index contributed by atoms with van der Waals surface area (Å²) in [5.74, 6) is 1.74. The number of halogens is 1. The van der Waals surface area contributed by atoms with Crippen molar-refractivity contribution in [1.29, 1.82) is 0 Å². The molecule has 1 N–H and O–H groups in total. The van der Waals surface area contributed by atoms with Gasteiger partial charge in [0, 0.05) is 18.7 Å². The van der Waals surface area contributed by atoms with E-state index >= 15 is 0 Å². The maximum absolute atomic E-state index is 6.12. The van der Waals surface area contributed by atoms with E-state index in [1.807, 2.05) is 30.3 Å². The second kappa shape index (κ2) is 7.38. The number of ether oxygens (including phenoxy) is 1. The molecule has 0 saturated heterocycles. The van der Waals surface area contributed by atoms with Crippen molar-refractivity contribution in [3.63, 3.8) is 0 Å². The van der Waals surface area contributed by atoms with Crippen molar-refractivity contribution in [3.05, 3.63) is 41.6 Å². The highest BCUT2D eigenvalue weighted by Crippen LogP contribution is 2.21. The van der Waals surface area contributed by atoms with Gasteiger partial charge in [0.1, 0.15) is 11.0 Å². The summed E-state index contributed by atoms with van der Waals surface area (Å²) >= 11 is 6.12. The largest absolute Gasteiger partial charge is 0.383 e. The quantitative estimate of drug-likeness (QED) is 0.823. The Morgan fingerprint density at radius 2 is 1.90 bits per heavy atom. The van der Waals surface area contributed by atoms with Gasteiger partial charge in [0.15, 0.2) is 5.82 Å². The van der Waals surface area contributed by atoms with Crippen LogP contribution in [-0.2, 0) is 4.74 Å². The van der Waals surface area contributed by atoms with Crippen LogP contribution in [0.3, 0.4) is 0 Å². The van der Waals surface area contributed by atoms with Crippen LogP contribution in [0.1, 0.15) is 13.8 Å². The fourth-order valence-corrected chi connectivity index (χ4v) is 2.16. The Bertz CT molecular complexity index is 575. The molecule has 0 amide bonds. The van der Waals surface area contributed by atoms with Crippen LogP contribution in [0, 0.1) is 5.92 Å². The molecule has 0 aliphatic heterocycles. The van der Waals surface area contributed by atoms with E-state index in [0.29, 0.717) is 29.3 Å². The highest BCUT2D eigenvalue weighted by Gasteiger charge is 2.15. The molecule has 1 unspecified atom stereocenters. The fourth-order valence-electron chi connectivity index (χ4n) is 1.98. The molecule has 1 aromatic heterocycles. The van der Waals surface area contributed by atoms with Gasteiger partial charge in [0.05, 0.1) is 12.6 Å². The number of nitrogens with zero attached hydrogens (tertiary/aromatic N) is 2. The number of rotatable bonds is 6. The normalized spacial score (nSPS) is 12.4. The van der Waals surface area contributed by atoms with Crippen LogP contribution in [0.25, 0.3) is 11.4 Å². The lowest BCUT2D eigenvalue weighted by Crippen LogP contribution is -2.30. The predicted molar refractivity (Wildman–Crippen MR) is 86.6 cm³/mol. The number of methoxy groups -OCH3 is 1. The van der Waals surface area contributed by atoms with Crippen molar-refractivity contribution in [2.75, 3.05) is 19.0 Å². The van der Waals surface area contributed by atoms with Gasteiger partial charge in [-0.25, -0.2) is 9.97 Å². The van der Waals surface area contributed by atoms with Crippen LogP contribution >= 0.6 is 11.6 Å². The summed E-state index contributed by atoms with van der Waals surface area (Å²) in [5, 5.41) is 3.79. The van der Waals surface area contributed by atoms with E-state index in [4.69, 9.17) is 16.3 Å². The molecule has 4 nitrogen and oxygen atoms in total. The van der Waals surface area contributed by atoms with Gasteiger partial charge < -0.3 is 10.1 Å². The van der Waals surface area contributed by atoms with E-state index in [1.165, 1.54) is 0 Å². The second-order valence-corrected chi connectivity index (χ2v) is 5.60. The lowest BCUT2D eigenvalue weighted by Gasteiger charge is -2.22. The molecule has 1 atom stereocenters. The Labute approximate surface area is 130 Å². The summed E-state index contributed by atoms with van der Waals surface area (Å²) in [6.45, 7) is 4.88. The maximum atomic E-state index is 6.12. The van der Waals surface area contributed by atoms with Crippen LogP contribution < -0.4 is 5.32 Å². The predicted octanol–water partition coefficient (Wildman–Crippen LogP) is 3.88. The molecule has 2 aromatic rings. The molecule has 0 aliphatic rings. The van der Waals surface area contributed by atoms with E-state index in [1.54, 1.807) is 13.2 Å². The zero-order chi connectivity index (χ0) is 15.2. The zero-order valence-corrected chi connectivity index (χ0v) is 13.3. The molecule has 0 radical (unpaired) electrons. The Hall–Kier alpha value is -1.65. The molecule has 0 saturated carbocycles. The Morgan fingerprint density at radius 3 is 2.52 bits per heavy atom. The van der Waals surface area contributed by atoms with E-state index in [0.717, 1.165) is 5.56 Å². The summed E-state index contributed by atoms with van der Waals surface area (Å²) in [6, 6.07) is 11.7. The molecule has 1 aromatic carbocycles. The first-order chi connectivity index (χ1) is 10.1. The topological polar surface area (TPSA) is 47.0 Å². The van der Waals surface area contributed by atoms with Crippen molar-refractivity contribution in [1.82, 2.24) is 9.97 Å². The molecule has 21 heavy (non-hydrogen) atoms. The molecular weight excluding hydrogens is 286 g/mol. The summed E-state index contributed by atoms with van der Waals surface area (Å²) < 4.78 is 5.24. The third-order valence-electron chi connectivity index (χ3n) is 3.21. The first-order valence-electron chi connectivity index (χ1n) is 6.95. The average Bonchev–Trinajstić information content (AvgIpc) is 2.47.